The van der Waals surface area contributed by atoms with E-state index in [2.05, 4.69) is 29.1 Å². The first-order valence-corrected chi connectivity index (χ1v) is 13.9. The number of rotatable bonds is 9. The van der Waals surface area contributed by atoms with Crippen molar-refractivity contribution in [1.82, 2.24) is 15.0 Å². The Morgan fingerprint density at radius 3 is 2.68 bits per heavy atom. The van der Waals surface area contributed by atoms with E-state index in [4.69, 9.17) is 20.2 Å². The van der Waals surface area contributed by atoms with Crippen LogP contribution in [-0.2, 0) is 10.3 Å². The summed E-state index contributed by atoms with van der Waals surface area (Å²) < 4.78 is 11.8. The first kappa shape index (κ1) is 27.1. The summed E-state index contributed by atoms with van der Waals surface area (Å²) in [4.78, 5) is 26.5. The van der Waals surface area contributed by atoms with Gasteiger partial charge in [0.25, 0.3) is 0 Å². The van der Waals surface area contributed by atoms with Crippen molar-refractivity contribution in [3.8, 4) is 5.88 Å². The molecule has 1 aliphatic heterocycles. The number of cyclic esters (lactones) is 1. The maximum Gasteiger partial charge on any atom is 0.340 e. The van der Waals surface area contributed by atoms with E-state index in [0.717, 1.165) is 34.3 Å². The molecule has 4 rings (SSSR count). The van der Waals surface area contributed by atoms with Crippen molar-refractivity contribution in [2.45, 2.75) is 78.0 Å². The molecule has 4 heterocycles. The van der Waals surface area contributed by atoms with Crippen LogP contribution in [0.25, 0.3) is 10.8 Å². The highest BCUT2D eigenvalue weighted by molar-refractivity contribution is 7.99. The molecule has 9 heteroatoms. The fraction of sp³-hybridized carbons (Fsp3) is 0.500. The third-order valence-corrected chi connectivity index (χ3v) is 7.76. The summed E-state index contributed by atoms with van der Waals surface area (Å²) in [5.41, 5.74) is 7.37. The van der Waals surface area contributed by atoms with Gasteiger partial charge in [0.15, 0.2) is 0 Å². The first-order chi connectivity index (χ1) is 17.4. The van der Waals surface area contributed by atoms with E-state index in [9.17, 15) is 4.79 Å². The highest BCUT2D eigenvalue weighted by Gasteiger charge is 2.40. The number of carbonyl (C=O) groups is 1. The zero-order valence-electron chi connectivity index (χ0n) is 22.7. The lowest BCUT2D eigenvalue weighted by atomic mass is 9.84. The molecule has 1 unspecified atom stereocenters. The fourth-order valence-electron chi connectivity index (χ4n) is 4.32. The Labute approximate surface area is 223 Å². The quantitative estimate of drug-likeness (QED) is 0.260. The second-order valence-electron chi connectivity index (χ2n) is 10.7. The molecule has 0 saturated heterocycles. The predicted octanol–water partition coefficient (Wildman–Crippen LogP) is 5.93. The Hall–Kier alpha value is -2.91. The number of esters is 1. The normalized spacial score (nSPS) is 17.7. The predicted molar refractivity (Wildman–Crippen MR) is 150 cm³/mol. The van der Waals surface area contributed by atoms with Crippen LogP contribution in [0.2, 0.25) is 0 Å². The number of carbonyl (C=O) groups excluding carboxylic acids is 1. The highest BCUT2D eigenvalue weighted by atomic mass is 32.2. The third-order valence-electron chi connectivity index (χ3n) is 6.82. The summed E-state index contributed by atoms with van der Waals surface area (Å²) in [6.45, 7) is 13.9. The SMILES string of the molecule is CCSCCC(C)Oc1ncc(C(C)(C)N)c2cc(Nc3ccc4c(n3)[C@@H](C)C(C)(C)OC4=O)ncc12. The number of nitrogens with one attached hydrogen (secondary N) is 1. The number of nitrogens with two attached hydrogens (primary N) is 1. The summed E-state index contributed by atoms with van der Waals surface area (Å²) in [6.07, 6.45) is 4.53. The Balaban J connectivity index is 1.68. The molecular formula is C28H37N5O3S. The minimum atomic E-state index is -0.631. The van der Waals surface area contributed by atoms with Crippen molar-refractivity contribution < 1.29 is 14.3 Å². The van der Waals surface area contributed by atoms with Crippen molar-refractivity contribution in [3.63, 3.8) is 0 Å². The van der Waals surface area contributed by atoms with Gasteiger partial charge in [-0.3, -0.25) is 0 Å². The van der Waals surface area contributed by atoms with E-state index < -0.39 is 11.1 Å². The second-order valence-corrected chi connectivity index (χ2v) is 12.1. The van der Waals surface area contributed by atoms with Gasteiger partial charge in [0.2, 0.25) is 5.88 Å². The van der Waals surface area contributed by atoms with Crippen LogP contribution < -0.4 is 15.8 Å². The van der Waals surface area contributed by atoms with E-state index in [0.29, 0.717) is 28.8 Å². The molecule has 3 aromatic heterocycles. The van der Waals surface area contributed by atoms with Gasteiger partial charge in [-0.05, 0) is 81.7 Å². The summed E-state index contributed by atoms with van der Waals surface area (Å²) in [5.74, 6) is 3.49. The van der Waals surface area contributed by atoms with Gasteiger partial charge in [-0.15, -0.1) is 0 Å². The molecule has 0 fully saturated rings. The van der Waals surface area contributed by atoms with E-state index in [1.165, 1.54) is 0 Å². The second kappa shape index (κ2) is 10.5. The van der Waals surface area contributed by atoms with Crippen LogP contribution in [0.5, 0.6) is 5.88 Å². The molecule has 3 aromatic rings. The van der Waals surface area contributed by atoms with Gasteiger partial charge in [0, 0.05) is 23.9 Å². The largest absolute Gasteiger partial charge is 0.474 e. The number of thioether (sulfide) groups is 1. The maximum atomic E-state index is 12.5. The minimum Gasteiger partial charge on any atom is -0.474 e. The minimum absolute atomic E-state index is 0.0296. The van der Waals surface area contributed by atoms with Crippen LogP contribution in [0.3, 0.4) is 0 Å². The zero-order chi connectivity index (χ0) is 27.0. The Morgan fingerprint density at radius 2 is 1.97 bits per heavy atom. The number of hydrogen-bond acceptors (Lipinski definition) is 9. The molecule has 0 amide bonds. The average molecular weight is 524 g/mol. The lowest BCUT2D eigenvalue weighted by Crippen LogP contribution is -2.39. The monoisotopic (exact) mass is 523 g/mol. The van der Waals surface area contributed by atoms with Crippen molar-refractivity contribution in [2.75, 3.05) is 16.8 Å². The summed E-state index contributed by atoms with van der Waals surface area (Å²) in [7, 11) is 0. The highest BCUT2D eigenvalue weighted by Crippen LogP contribution is 2.38. The topological polar surface area (TPSA) is 112 Å². The van der Waals surface area contributed by atoms with E-state index >= 15 is 0 Å². The van der Waals surface area contributed by atoms with Crippen LogP contribution in [0.4, 0.5) is 11.6 Å². The number of nitrogens with zero attached hydrogens (tertiary/aromatic N) is 3. The average Bonchev–Trinajstić information content (AvgIpc) is 2.82. The third kappa shape index (κ3) is 5.83. The van der Waals surface area contributed by atoms with Gasteiger partial charge in [-0.1, -0.05) is 13.8 Å². The first-order valence-electron chi connectivity index (χ1n) is 12.7. The molecule has 0 bridgehead atoms. The molecule has 0 saturated carbocycles. The Bertz CT molecular complexity index is 1300. The van der Waals surface area contributed by atoms with E-state index in [1.54, 1.807) is 24.5 Å². The Kier molecular flexibility index (Phi) is 7.67. The molecule has 1 aliphatic rings. The number of hydrogen-bond donors (Lipinski definition) is 2. The van der Waals surface area contributed by atoms with Gasteiger partial charge < -0.3 is 20.5 Å². The van der Waals surface area contributed by atoms with Crippen LogP contribution in [-0.4, -0.2) is 44.1 Å². The van der Waals surface area contributed by atoms with Crippen LogP contribution >= 0.6 is 11.8 Å². The number of aromatic nitrogens is 3. The molecule has 2 atom stereocenters. The maximum absolute atomic E-state index is 12.5. The molecule has 3 N–H and O–H groups in total. The smallest absolute Gasteiger partial charge is 0.340 e. The van der Waals surface area contributed by atoms with Crippen LogP contribution in [0.1, 0.15) is 82.4 Å². The summed E-state index contributed by atoms with van der Waals surface area (Å²) in [5, 5.41) is 5.03. The summed E-state index contributed by atoms with van der Waals surface area (Å²) in [6, 6.07) is 5.47. The lowest BCUT2D eigenvalue weighted by molar-refractivity contribution is -0.0189. The van der Waals surface area contributed by atoms with Crippen molar-refractivity contribution >= 4 is 40.1 Å². The molecule has 198 valence electrons. The molecule has 0 radical (unpaired) electrons. The van der Waals surface area contributed by atoms with Crippen molar-refractivity contribution in [3.05, 3.63) is 47.4 Å². The van der Waals surface area contributed by atoms with Crippen LogP contribution in [0.15, 0.2) is 30.6 Å². The lowest BCUT2D eigenvalue weighted by Gasteiger charge is -2.36. The zero-order valence-corrected chi connectivity index (χ0v) is 23.5. The fourth-order valence-corrected chi connectivity index (χ4v) is 5.11. The molecular weight excluding hydrogens is 486 g/mol. The Morgan fingerprint density at radius 1 is 1.22 bits per heavy atom. The van der Waals surface area contributed by atoms with Crippen LogP contribution in [0, 0.1) is 0 Å². The van der Waals surface area contributed by atoms with E-state index in [-0.39, 0.29) is 18.0 Å². The molecule has 0 aliphatic carbocycles. The van der Waals surface area contributed by atoms with E-state index in [1.807, 2.05) is 52.4 Å². The van der Waals surface area contributed by atoms with Gasteiger partial charge in [0.05, 0.1) is 22.7 Å². The van der Waals surface area contributed by atoms with Gasteiger partial charge in [-0.2, -0.15) is 11.8 Å². The van der Waals surface area contributed by atoms with Gasteiger partial charge in [0.1, 0.15) is 17.2 Å². The van der Waals surface area contributed by atoms with Crippen molar-refractivity contribution in [1.29, 1.82) is 0 Å². The molecule has 37 heavy (non-hydrogen) atoms. The number of anilines is 2. The number of ether oxygens (including phenoxy) is 2. The van der Waals surface area contributed by atoms with Crippen molar-refractivity contribution in [2.24, 2.45) is 5.73 Å². The standard InChI is InChI=1S/C28H37N5O3S/c1-8-37-12-11-16(2)35-25-20-14-30-23(13-19(20)21(15-31-25)27(4,5)29)32-22-10-9-18-24(33-22)17(3)28(6,7)36-26(18)34/h9-10,13-17H,8,11-12,29H2,1-7H3,(H,30,32,33)/t16?,17-/m1/s1. The summed E-state index contributed by atoms with van der Waals surface area (Å²) >= 11 is 1.90. The number of fused-ring (bicyclic) bond motifs is 2. The van der Waals surface area contributed by atoms with Gasteiger partial charge >= 0.3 is 5.97 Å². The molecule has 0 aromatic carbocycles. The van der Waals surface area contributed by atoms with Gasteiger partial charge in [-0.25, -0.2) is 19.7 Å². The number of pyridine rings is 3. The molecule has 0 spiro atoms. The molecule has 8 nitrogen and oxygen atoms in total.